The molecule has 0 aromatic carbocycles. The summed E-state index contributed by atoms with van der Waals surface area (Å²) in [5.41, 5.74) is 0.294. The number of aryl methyl sites for hydroxylation is 1. The van der Waals surface area contributed by atoms with Gasteiger partial charge in [0.05, 0.1) is 16.9 Å². The van der Waals surface area contributed by atoms with Crippen molar-refractivity contribution in [1.82, 2.24) is 5.16 Å². The monoisotopic (exact) mass is 282 g/mol. The number of hydrogen-bond acceptors (Lipinski definition) is 5. The van der Waals surface area contributed by atoms with E-state index in [1.165, 1.54) is 6.42 Å². The molecule has 6 nitrogen and oxygen atoms in total. The first-order valence-electron chi connectivity index (χ1n) is 7.37. The molecule has 2 atom stereocenters. The Morgan fingerprint density at radius 1 is 1.45 bits per heavy atom. The van der Waals surface area contributed by atoms with Crippen molar-refractivity contribution >= 4 is 5.69 Å². The maximum absolute atomic E-state index is 11.2. The molecule has 1 aliphatic carbocycles. The van der Waals surface area contributed by atoms with E-state index in [0.717, 1.165) is 25.7 Å². The molecule has 1 saturated carbocycles. The van der Waals surface area contributed by atoms with Crippen molar-refractivity contribution < 1.29 is 14.6 Å². The van der Waals surface area contributed by atoms with Crippen LogP contribution in [0.5, 0.6) is 0 Å². The fraction of sp³-hybridized carbons (Fsp3) is 0.786. The molecule has 2 unspecified atom stereocenters. The SMILES string of the molecule is CCc1noc(C(C)C(O)C2CCCCC2)c1[N+](=O)[O-]. The molecule has 0 aliphatic heterocycles. The summed E-state index contributed by atoms with van der Waals surface area (Å²) in [5.74, 6) is 0.0183. The summed E-state index contributed by atoms with van der Waals surface area (Å²) in [6.45, 7) is 3.59. The minimum atomic E-state index is -0.605. The highest BCUT2D eigenvalue weighted by Gasteiger charge is 2.36. The molecule has 1 aromatic rings. The van der Waals surface area contributed by atoms with E-state index >= 15 is 0 Å². The zero-order valence-corrected chi connectivity index (χ0v) is 12.0. The van der Waals surface area contributed by atoms with E-state index in [9.17, 15) is 15.2 Å². The van der Waals surface area contributed by atoms with Crippen LogP contribution in [0.15, 0.2) is 4.52 Å². The molecule has 1 N–H and O–H groups in total. The summed E-state index contributed by atoms with van der Waals surface area (Å²) in [5, 5.41) is 25.4. The van der Waals surface area contributed by atoms with Crippen molar-refractivity contribution in [2.75, 3.05) is 0 Å². The number of aliphatic hydroxyl groups is 1. The largest absolute Gasteiger partial charge is 0.392 e. The molecule has 6 heteroatoms. The van der Waals surface area contributed by atoms with Gasteiger partial charge in [-0.05, 0) is 25.2 Å². The van der Waals surface area contributed by atoms with Gasteiger partial charge in [-0.1, -0.05) is 38.3 Å². The summed E-state index contributed by atoms with van der Waals surface area (Å²) in [6, 6.07) is 0. The Balaban J connectivity index is 2.21. The maximum Gasteiger partial charge on any atom is 0.335 e. The highest BCUT2D eigenvalue weighted by molar-refractivity contribution is 5.40. The molecule has 0 amide bonds. The molecule has 0 spiro atoms. The van der Waals surface area contributed by atoms with E-state index in [2.05, 4.69) is 5.16 Å². The van der Waals surface area contributed by atoms with Crippen LogP contribution in [0.4, 0.5) is 5.69 Å². The van der Waals surface area contributed by atoms with Gasteiger partial charge in [-0.3, -0.25) is 10.1 Å². The molecular weight excluding hydrogens is 260 g/mol. The summed E-state index contributed by atoms with van der Waals surface area (Å²) in [6.07, 6.45) is 5.25. The molecular formula is C14H22N2O4. The molecule has 1 aliphatic rings. The maximum atomic E-state index is 11.2. The summed E-state index contributed by atoms with van der Waals surface area (Å²) < 4.78 is 5.17. The third kappa shape index (κ3) is 2.85. The topological polar surface area (TPSA) is 89.4 Å². The minimum absolute atomic E-state index is 0.0603. The second kappa shape index (κ2) is 6.35. The Labute approximate surface area is 118 Å². The molecule has 112 valence electrons. The normalized spacial score (nSPS) is 19.8. The first-order valence-corrected chi connectivity index (χ1v) is 7.37. The van der Waals surface area contributed by atoms with Gasteiger partial charge in [0.2, 0.25) is 5.76 Å². The number of aliphatic hydroxyl groups excluding tert-OH is 1. The fourth-order valence-electron chi connectivity index (χ4n) is 3.10. The third-order valence-electron chi connectivity index (χ3n) is 4.34. The second-order valence-electron chi connectivity index (χ2n) is 5.63. The van der Waals surface area contributed by atoms with Crippen molar-refractivity contribution in [3.63, 3.8) is 0 Å². The van der Waals surface area contributed by atoms with Gasteiger partial charge in [0.25, 0.3) is 0 Å². The number of aromatic nitrogens is 1. The average Bonchev–Trinajstić information content (AvgIpc) is 2.90. The van der Waals surface area contributed by atoms with E-state index in [4.69, 9.17) is 4.52 Å². The standard InChI is InChI=1S/C14H22N2O4/c1-3-11-12(16(18)19)14(20-15-11)9(2)13(17)10-7-5-4-6-8-10/h9-10,13,17H,3-8H2,1-2H3. The van der Waals surface area contributed by atoms with E-state index in [1.807, 2.05) is 0 Å². The third-order valence-corrected chi connectivity index (χ3v) is 4.34. The molecule has 2 rings (SSSR count). The molecule has 1 aromatic heterocycles. The van der Waals surface area contributed by atoms with Crippen molar-refractivity contribution in [2.24, 2.45) is 5.92 Å². The van der Waals surface area contributed by atoms with Crippen LogP contribution < -0.4 is 0 Å². The smallest absolute Gasteiger partial charge is 0.335 e. The molecule has 1 heterocycles. The zero-order valence-electron chi connectivity index (χ0n) is 12.0. The van der Waals surface area contributed by atoms with Crippen molar-refractivity contribution in [3.8, 4) is 0 Å². The van der Waals surface area contributed by atoms with Gasteiger partial charge in [0, 0.05) is 0 Å². The lowest BCUT2D eigenvalue weighted by molar-refractivity contribution is -0.387. The quantitative estimate of drug-likeness (QED) is 0.661. The van der Waals surface area contributed by atoms with E-state index in [-0.39, 0.29) is 17.4 Å². The highest BCUT2D eigenvalue weighted by atomic mass is 16.6. The molecule has 0 saturated heterocycles. The highest BCUT2D eigenvalue weighted by Crippen LogP contribution is 2.37. The Morgan fingerprint density at radius 2 is 2.10 bits per heavy atom. The zero-order chi connectivity index (χ0) is 14.7. The van der Waals surface area contributed by atoms with Gasteiger partial charge in [0.1, 0.15) is 0 Å². The Kier molecular flexibility index (Phi) is 4.75. The molecule has 20 heavy (non-hydrogen) atoms. The second-order valence-corrected chi connectivity index (χ2v) is 5.63. The van der Waals surface area contributed by atoms with Crippen molar-refractivity contribution in [1.29, 1.82) is 0 Å². The van der Waals surface area contributed by atoms with Crippen LogP contribution in [-0.4, -0.2) is 21.3 Å². The van der Waals surface area contributed by atoms with Crippen LogP contribution in [0, 0.1) is 16.0 Å². The lowest BCUT2D eigenvalue weighted by atomic mass is 9.80. The van der Waals surface area contributed by atoms with Crippen LogP contribution in [0.25, 0.3) is 0 Å². The summed E-state index contributed by atoms with van der Waals surface area (Å²) in [4.78, 5) is 10.7. The Hall–Kier alpha value is -1.43. The molecule has 0 radical (unpaired) electrons. The predicted octanol–water partition coefficient (Wildman–Crippen LogP) is 3.19. The van der Waals surface area contributed by atoms with Crippen LogP contribution in [0.3, 0.4) is 0 Å². The van der Waals surface area contributed by atoms with Crippen LogP contribution in [0.1, 0.15) is 63.3 Å². The number of hydrogen-bond donors (Lipinski definition) is 1. The predicted molar refractivity (Wildman–Crippen MR) is 73.5 cm³/mol. The summed E-state index contributed by atoms with van der Waals surface area (Å²) >= 11 is 0. The molecule has 0 bridgehead atoms. The van der Waals surface area contributed by atoms with Gasteiger partial charge in [-0.25, -0.2) is 0 Å². The number of nitrogens with zero attached hydrogens (tertiary/aromatic N) is 2. The minimum Gasteiger partial charge on any atom is -0.392 e. The van der Waals surface area contributed by atoms with Gasteiger partial charge in [0.15, 0.2) is 5.69 Å². The lowest BCUT2D eigenvalue weighted by Gasteiger charge is -2.29. The van der Waals surface area contributed by atoms with Crippen molar-refractivity contribution in [3.05, 3.63) is 21.6 Å². The summed E-state index contributed by atoms with van der Waals surface area (Å²) in [7, 11) is 0. The van der Waals surface area contributed by atoms with Gasteiger partial charge in [-0.15, -0.1) is 0 Å². The van der Waals surface area contributed by atoms with E-state index in [1.54, 1.807) is 13.8 Å². The van der Waals surface area contributed by atoms with Crippen LogP contribution >= 0.6 is 0 Å². The van der Waals surface area contributed by atoms with Crippen LogP contribution in [0.2, 0.25) is 0 Å². The van der Waals surface area contributed by atoms with Gasteiger partial charge < -0.3 is 9.63 Å². The van der Waals surface area contributed by atoms with Gasteiger partial charge in [-0.2, -0.15) is 0 Å². The molecule has 1 fully saturated rings. The average molecular weight is 282 g/mol. The number of nitro groups is 1. The Morgan fingerprint density at radius 3 is 2.65 bits per heavy atom. The lowest BCUT2D eigenvalue weighted by Crippen LogP contribution is -2.28. The fourth-order valence-corrected chi connectivity index (χ4v) is 3.10. The van der Waals surface area contributed by atoms with E-state index < -0.39 is 16.9 Å². The van der Waals surface area contributed by atoms with Gasteiger partial charge >= 0.3 is 5.69 Å². The van der Waals surface area contributed by atoms with Crippen LogP contribution in [-0.2, 0) is 6.42 Å². The first kappa shape index (κ1) is 15.0. The number of rotatable bonds is 5. The van der Waals surface area contributed by atoms with E-state index in [0.29, 0.717) is 12.1 Å². The van der Waals surface area contributed by atoms with Crippen molar-refractivity contribution in [2.45, 2.75) is 64.4 Å². The first-order chi connectivity index (χ1) is 9.56. The Bertz CT molecular complexity index is 466.